The minimum absolute atomic E-state index is 0.0182. The Morgan fingerprint density at radius 3 is 2.62 bits per heavy atom. The minimum atomic E-state index is -0.623. The Bertz CT molecular complexity index is 1190. The van der Waals surface area contributed by atoms with E-state index < -0.39 is 17.6 Å². The molecular formula is C21H16FN5O2. The van der Waals surface area contributed by atoms with Gasteiger partial charge in [0.1, 0.15) is 5.82 Å². The Hall–Kier alpha value is -4.07. The number of benzene rings is 1. The number of carbonyl (C=O) groups is 2. The van der Waals surface area contributed by atoms with Crippen LogP contribution in [0.1, 0.15) is 26.7 Å². The summed E-state index contributed by atoms with van der Waals surface area (Å²) in [7, 11) is 0. The van der Waals surface area contributed by atoms with Crippen molar-refractivity contribution < 1.29 is 14.0 Å². The summed E-state index contributed by atoms with van der Waals surface area (Å²) in [5.74, 6) is -1.63. The second kappa shape index (κ2) is 7.89. The molecule has 0 saturated carbocycles. The van der Waals surface area contributed by atoms with Crippen molar-refractivity contribution in [3.63, 3.8) is 0 Å². The maximum atomic E-state index is 13.9. The van der Waals surface area contributed by atoms with E-state index in [9.17, 15) is 14.0 Å². The summed E-state index contributed by atoms with van der Waals surface area (Å²) in [6.45, 7) is 0.273. The van der Waals surface area contributed by atoms with Gasteiger partial charge >= 0.3 is 0 Å². The molecule has 3 aromatic heterocycles. The lowest BCUT2D eigenvalue weighted by Gasteiger charge is -2.05. The first kappa shape index (κ1) is 18.3. The molecule has 29 heavy (non-hydrogen) atoms. The van der Waals surface area contributed by atoms with Crippen molar-refractivity contribution in [2.45, 2.75) is 6.54 Å². The molecule has 0 aliphatic carbocycles. The first-order chi connectivity index (χ1) is 14.1. The van der Waals surface area contributed by atoms with Crippen LogP contribution in [0.25, 0.3) is 5.52 Å². The van der Waals surface area contributed by atoms with Crippen molar-refractivity contribution in [1.82, 2.24) is 19.7 Å². The fourth-order valence-corrected chi connectivity index (χ4v) is 2.87. The van der Waals surface area contributed by atoms with E-state index in [1.54, 1.807) is 48.9 Å². The zero-order valence-corrected chi connectivity index (χ0v) is 15.2. The van der Waals surface area contributed by atoms with E-state index in [2.05, 4.69) is 20.6 Å². The highest BCUT2D eigenvalue weighted by molar-refractivity contribution is 6.06. The van der Waals surface area contributed by atoms with Crippen LogP contribution < -0.4 is 10.6 Å². The van der Waals surface area contributed by atoms with Crippen LogP contribution in [0.5, 0.6) is 0 Å². The molecule has 2 amide bonds. The SMILES string of the molecule is O=C(NCc1cccnc1)c1nc(C(=O)Nc2ccccc2F)n2ccccc12. The summed E-state index contributed by atoms with van der Waals surface area (Å²) in [6, 6.07) is 14.6. The van der Waals surface area contributed by atoms with Crippen LogP contribution in [0.15, 0.2) is 73.2 Å². The van der Waals surface area contributed by atoms with Crippen molar-refractivity contribution >= 4 is 23.0 Å². The van der Waals surface area contributed by atoms with E-state index in [1.165, 1.54) is 22.6 Å². The van der Waals surface area contributed by atoms with Gasteiger partial charge in [0.15, 0.2) is 5.69 Å². The molecule has 7 nitrogen and oxygen atoms in total. The molecule has 144 valence electrons. The van der Waals surface area contributed by atoms with Gasteiger partial charge in [0.25, 0.3) is 11.8 Å². The third-order valence-corrected chi connectivity index (χ3v) is 4.26. The van der Waals surface area contributed by atoms with Gasteiger partial charge in [-0.2, -0.15) is 0 Å². The fourth-order valence-electron chi connectivity index (χ4n) is 2.87. The van der Waals surface area contributed by atoms with E-state index >= 15 is 0 Å². The lowest BCUT2D eigenvalue weighted by atomic mass is 10.2. The van der Waals surface area contributed by atoms with Crippen LogP contribution in [0, 0.1) is 5.82 Å². The number of pyridine rings is 2. The lowest BCUT2D eigenvalue weighted by molar-refractivity contribution is 0.0948. The number of amides is 2. The number of nitrogens with one attached hydrogen (secondary N) is 2. The number of hydrogen-bond acceptors (Lipinski definition) is 4. The predicted molar refractivity (Wildman–Crippen MR) is 105 cm³/mol. The first-order valence-electron chi connectivity index (χ1n) is 8.83. The van der Waals surface area contributed by atoms with Crippen molar-refractivity contribution in [3.05, 3.63) is 96.1 Å². The Morgan fingerprint density at radius 2 is 1.83 bits per heavy atom. The van der Waals surface area contributed by atoms with E-state index in [-0.39, 0.29) is 23.8 Å². The molecule has 0 saturated heterocycles. The van der Waals surface area contributed by atoms with Gasteiger partial charge in [-0.3, -0.25) is 19.0 Å². The quantitative estimate of drug-likeness (QED) is 0.549. The van der Waals surface area contributed by atoms with Gasteiger partial charge in [-0.15, -0.1) is 0 Å². The largest absolute Gasteiger partial charge is 0.346 e. The normalized spacial score (nSPS) is 10.7. The molecule has 0 fully saturated rings. The van der Waals surface area contributed by atoms with Crippen molar-refractivity contribution in [2.75, 3.05) is 5.32 Å². The third-order valence-electron chi connectivity index (χ3n) is 4.26. The van der Waals surface area contributed by atoms with Gasteiger partial charge in [0.2, 0.25) is 5.82 Å². The van der Waals surface area contributed by atoms with Crippen LogP contribution in [0.4, 0.5) is 10.1 Å². The second-order valence-electron chi connectivity index (χ2n) is 6.22. The highest BCUT2D eigenvalue weighted by atomic mass is 19.1. The molecular weight excluding hydrogens is 373 g/mol. The number of fused-ring (bicyclic) bond motifs is 1. The summed E-state index contributed by atoms with van der Waals surface area (Å²) in [4.78, 5) is 33.6. The van der Waals surface area contributed by atoms with Gasteiger partial charge in [-0.05, 0) is 35.9 Å². The minimum Gasteiger partial charge on any atom is -0.346 e. The predicted octanol–water partition coefficient (Wildman–Crippen LogP) is 3.05. The van der Waals surface area contributed by atoms with Crippen LogP contribution in [0.3, 0.4) is 0 Å². The van der Waals surface area contributed by atoms with E-state index in [0.717, 1.165) is 5.56 Å². The average Bonchev–Trinajstić information content (AvgIpc) is 3.14. The highest BCUT2D eigenvalue weighted by Crippen LogP contribution is 2.17. The zero-order chi connectivity index (χ0) is 20.2. The van der Waals surface area contributed by atoms with Gasteiger partial charge in [-0.25, -0.2) is 9.37 Å². The molecule has 4 aromatic rings. The molecule has 2 N–H and O–H groups in total. The second-order valence-corrected chi connectivity index (χ2v) is 6.22. The van der Waals surface area contributed by atoms with Crippen LogP contribution in [-0.2, 0) is 6.54 Å². The monoisotopic (exact) mass is 389 g/mol. The summed E-state index contributed by atoms with van der Waals surface area (Å²) < 4.78 is 15.4. The number of rotatable bonds is 5. The Kier molecular flexibility index (Phi) is 4.98. The molecule has 8 heteroatoms. The van der Waals surface area contributed by atoms with Crippen LogP contribution in [0.2, 0.25) is 0 Å². The number of anilines is 1. The average molecular weight is 389 g/mol. The Morgan fingerprint density at radius 1 is 1.00 bits per heavy atom. The number of carbonyl (C=O) groups excluding carboxylic acids is 2. The summed E-state index contributed by atoms with van der Waals surface area (Å²) in [6.07, 6.45) is 4.92. The summed E-state index contributed by atoms with van der Waals surface area (Å²) in [5.41, 5.74) is 1.44. The number of halogens is 1. The van der Waals surface area contributed by atoms with E-state index in [4.69, 9.17) is 0 Å². The molecule has 4 rings (SSSR count). The van der Waals surface area contributed by atoms with E-state index in [1.807, 2.05) is 6.07 Å². The Labute approximate surface area is 165 Å². The fraction of sp³-hybridized carbons (Fsp3) is 0.0476. The highest BCUT2D eigenvalue weighted by Gasteiger charge is 2.22. The van der Waals surface area contributed by atoms with Gasteiger partial charge < -0.3 is 10.6 Å². The smallest absolute Gasteiger partial charge is 0.292 e. The summed E-state index contributed by atoms with van der Waals surface area (Å²) >= 11 is 0. The summed E-state index contributed by atoms with van der Waals surface area (Å²) in [5, 5.41) is 5.26. The number of para-hydroxylation sites is 1. The molecule has 0 atom stereocenters. The molecule has 0 aliphatic rings. The molecule has 0 aliphatic heterocycles. The van der Waals surface area contributed by atoms with Gasteiger partial charge in [-0.1, -0.05) is 24.3 Å². The number of nitrogens with zero attached hydrogens (tertiary/aromatic N) is 3. The molecule has 0 unspecified atom stereocenters. The maximum absolute atomic E-state index is 13.9. The third kappa shape index (κ3) is 3.81. The van der Waals surface area contributed by atoms with Crippen molar-refractivity contribution in [1.29, 1.82) is 0 Å². The Balaban J connectivity index is 1.62. The standard InChI is InChI=1S/C21H16FN5O2/c22-15-7-1-2-8-16(15)25-21(29)19-26-18(17-9-3-4-11-27(17)19)20(28)24-13-14-6-5-10-23-12-14/h1-12H,13H2,(H,24,28)(H,25,29). The number of aromatic nitrogens is 3. The lowest BCUT2D eigenvalue weighted by Crippen LogP contribution is -2.23. The zero-order valence-electron chi connectivity index (χ0n) is 15.2. The van der Waals surface area contributed by atoms with Gasteiger partial charge in [0, 0.05) is 25.1 Å². The molecule has 0 spiro atoms. The molecule has 1 aromatic carbocycles. The molecule has 3 heterocycles. The van der Waals surface area contributed by atoms with E-state index in [0.29, 0.717) is 5.52 Å². The van der Waals surface area contributed by atoms with Crippen molar-refractivity contribution in [3.8, 4) is 0 Å². The topological polar surface area (TPSA) is 88.4 Å². The number of imidazole rings is 1. The number of hydrogen-bond donors (Lipinski definition) is 2. The first-order valence-corrected chi connectivity index (χ1v) is 8.83. The van der Waals surface area contributed by atoms with Crippen molar-refractivity contribution in [2.24, 2.45) is 0 Å². The van der Waals surface area contributed by atoms with Gasteiger partial charge in [0.05, 0.1) is 11.2 Å². The van der Waals surface area contributed by atoms with Crippen LogP contribution in [-0.4, -0.2) is 26.2 Å². The van der Waals surface area contributed by atoms with Crippen LogP contribution >= 0.6 is 0 Å². The molecule has 0 radical (unpaired) electrons. The maximum Gasteiger partial charge on any atom is 0.292 e. The molecule has 0 bridgehead atoms.